The van der Waals surface area contributed by atoms with Crippen molar-refractivity contribution in [2.75, 3.05) is 5.32 Å². The molecule has 0 aromatic heterocycles. The van der Waals surface area contributed by atoms with Crippen molar-refractivity contribution >= 4 is 40.9 Å². The van der Waals surface area contributed by atoms with Crippen LogP contribution in [0.15, 0.2) is 72.3 Å². The summed E-state index contributed by atoms with van der Waals surface area (Å²) in [5.41, 5.74) is 3.14. The zero-order valence-electron chi connectivity index (χ0n) is 16.2. The third-order valence-electron chi connectivity index (χ3n) is 4.36. The SMILES string of the molecule is Cc1ccccc1NC(=O)/C(C#N)=C\c1ccc(OCc2ccc(Cl)cc2Cl)cc1. The molecule has 0 aliphatic carbocycles. The number of anilines is 1. The number of nitrogens with zero attached hydrogens (tertiary/aromatic N) is 1. The molecule has 6 heteroatoms. The predicted octanol–water partition coefficient (Wildman–Crippen LogP) is 6.43. The van der Waals surface area contributed by atoms with Crippen LogP contribution in [0.25, 0.3) is 6.08 Å². The lowest BCUT2D eigenvalue weighted by molar-refractivity contribution is -0.112. The van der Waals surface area contributed by atoms with E-state index in [1.807, 2.05) is 37.3 Å². The molecule has 1 N–H and O–H groups in total. The third kappa shape index (κ3) is 5.64. The number of halogens is 2. The molecule has 0 saturated carbocycles. The molecule has 30 heavy (non-hydrogen) atoms. The smallest absolute Gasteiger partial charge is 0.266 e. The number of ether oxygens (including phenoxy) is 1. The number of rotatable bonds is 6. The molecule has 0 spiro atoms. The maximum absolute atomic E-state index is 12.4. The Balaban J connectivity index is 1.66. The van der Waals surface area contributed by atoms with Crippen molar-refractivity contribution in [3.8, 4) is 11.8 Å². The number of para-hydroxylation sites is 1. The first kappa shape index (κ1) is 21.4. The summed E-state index contributed by atoms with van der Waals surface area (Å²) in [5, 5.41) is 13.3. The average molecular weight is 437 g/mol. The van der Waals surface area contributed by atoms with Crippen molar-refractivity contribution in [1.29, 1.82) is 5.26 Å². The number of hydrogen-bond acceptors (Lipinski definition) is 3. The zero-order valence-corrected chi connectivity index (χ0v) is 17.7. The predicted molar refractivity (Wildman–Crippen MR) is 121 cm³/mol. The zero-order chi connectivity index (χ0) is 21.5. The Morgan fingerprint density at radius 1 is 1.10 bits per heavy atom. The minimum atomic E-state index is -0.454. The molecule has 0 aliphatic heterocycles. The maximum Gasteiger partial charge on any atom is 0.266 e. The molecule has 150 valence electrons. The summed E-state index contributed by atoms with van der Waals surface area (Å²) in [7, 11) is 0. The number of carbonyl (C=O) groups excluding carboxylic acids is 1. The van der Waals surface area contributed by atoms with Crippen molar-refractivity contribution in [1.82, 2.24) is 0 Å². The van der Waals surface area contributed by atoms with Gasteiger partial charge in [-0.2, -0.15) is 5.26 Å². The molecular weight excluding hydrogens is 419 g/mol. The molecule has 3 aromatic carbocycles. The summed E-state index contributed by atoms with van der Waals surface area (Å²) >= 11 is 12.0. The van der Waals surface area contributed by atoms with Gasteiger partial charge in [0.25, 0.3) is 5.91 Å². The highest BCUT2D eigenvalue weighted by molar-refractivity contribution is 6.35. The quantitative estimate of drug-likeness (QED) is 0.357. The molecule has 4 nitrogen and oxygen atoms in total. The van der Waals surface area contributed by atoms with E-state index in [1.54, 1.807) is 42.5 Å². The van der Waals surface area contributed by atoms with Gasteiger partial charge in [-0.3, -0.25) is 4.79 Å². The first-order valence-corrected chi connectivity index (χ1v) is 9.87. The van der Waals surface area contributed by atoms with Crippen LogP contribution >= 0.6 is 23.2 Å². The van der Waals surface area contributed by atoms with E-state index >= 15 is 0 Å². The molecule has 1 amide bonds. The molecule has 0 radical (unpaired) electrons. The number of amides is 1. The van der Waals surface area contributed by atoms with E-state index in [0.29, 0.717) is 33.7 Å². The number of nitrogens with one attached hydrogen (secondary N) is 1. The molecule has 3 rings (SSSR count). The lowest BCUT2D eigenvalue weighted by Gasteiger charge is -2.09. The first-order valence-electron chi connectivity index (χ1n) is 9.12. The lowest BCUT2D eigenvalue weighted by atomic mass is 10.1. The summed E-state index contributed by atoms with van der Waals surface area (Å²) in [6, 6.07) is 21.7. The van der Waals surface area contributed by atoms with E-state index in [0.717, 1.165) is 11.1 Å². The standard InChI is InChI=1S/C24H18Cl2N2O2/c1-16-4-2-3-5-23(16)28-24(29)19(14-27)12-17-6-10-21(11-7-17)30-15-18-8-9-20(25)13-22(18)26/h2-13H,15H2,1H3,(H,28,29)/b19-12-. The Morgan fingerprint density at radius 3 is 2.50 bits per heavy atom. The lowest BCUT2D eigenvalue weighted by Crippen LogP contribution is -2.14. The van der Waals surface area contributed by atoms with Crippen LogP contribution in [-0.2, 0) is 11.4 Å². The second kappa shape index (κ2) is 9.98. The molecule has 0 bridgehead atoms. The van der Waals surface area contributed by atoms with Gasteiger partial charge in [0.1, 0.15) is 24.0 Å². The van der Waals surface area contributed by atoms with E-state index in [4.69, 9.17) is 27.9 Å². The normalized spacial score (nSPS) is 10.9. The highest BCUT2D eigenvalue weighted by Gasteiger charge is 2.11. The summed E-state index contributed by atoms with van der Waals surface area (Å²) in [6.07, 6.45) is 1.54. The number of hydrogen-bond donors (Lipinski definition) is 1. The van der Waals surface area contributed by atoms with Crippen LogP contribution in [0.4, 0.5) is 5.69 Å². The van der Waals surface area contributed by atoms with Crippen LogP contribution in [0.5, 0.6) is 5.75 Å². The fraction of sp³-hybridized carbons (Fsp3) is 0.0833. The van der Waals surface area contributed by atoms with Gasteiger partial charge in [-0.1, -0.05) is 59.6 Å². The molecule has 0 aliphatic rings. The highest BCUT2D eigenvalue weighted by Crippen LogP contribution is 2.23. The Labute approximate surface area is 185 Å². The minimum absolute atomic E-state index is 0.0138. The third-order valence-corrected chi connectivity index (χ3v) is 4.95. The van der Waals surface area contributed by atoms with Gasteiger partial charge in [-0.15, -0.1) is 0 Å². The van der Waals surface area contributed by atoms with Gasteiger partial charge >= 0.3 is 0 Å². The Morgan fingerprint density at radius 2 is 1.83 bits per heavy atom. The van der Waals surface area contributed by atoms with E-state index in [2.05, 4.69) is 5.32 Å². The van der Waals surface area contributed by atoms with Crippen molar-refractivity contribution < 1.29 is 9.53 Å². The van der Waals surface area contributed by atoms with Crippen LogP contribution in [-0.4, -0.2) is 5.91 Å². The number of benzene rings is 3. The second-order valence-corrected chi connectivity index (χ2v) is 7.38. The summed E-state index contributed by atoms with van der Waals surface area (Å²) in [4.78, 5) is 12.4. The van der Waals surface area contributed by atoms with Gasteiger partial charge in [-0.25, -0.2) is 0 Å². The van der Waals surface area contributed by atoms with Gasteiger partial charge in [-0.05, 0) is 54.5 Å². The van der Waals surface area contributed by atoms with Crippen LogP contribution in [0.2, 0.25) is 10.0 Å². The summed E-state index contributed by atoms with van der Waals surface area (Å²) in [5.74, 6) is 0.186. The monoisotopic (exact) mass is 436 g/mol. The number of carbonyl (C=O) groups is 1. The van der Waals surface area contributed by atoms with Crippen LogP contribution in [0.1, 0.15) is 16.7 Å². The van der Waals surface area contributed by atoms with E-state index in [-0.39, 0.29) is 5.57 Å². The molecular formula is C24H18Cl2N2O2. The molecule has 3 aromatic rings. The molecule has 0 heterocycles. The molecule has 0 atom stereocenters. The van der Waals surface area contributed by atoms with Crippen LogP contribution < -0.4 is 10.1 Å². The maximum atomic E-state index is 12.4. The van der Waals surface area contributed by atoms with E-state index < -0.39 is 5.91 Å². The van der Waals surface area contributed by atoms with Crippen LogP contribution in [0.3, 0.4) is 0 Å². The summed E-state index contributed by atoms with van der Waals surface area (Å²) < 4.78 is 5.75. The second-order valence-electron chi connectivity index (χ2n) is 6.53. The summed E-state index contributed by atoms with van der Waals surface area (Å²) in [6.45, 7) is 2.19. The molecule has 0 unspecified atom stereocenters. The molecule has 0 fully saturated rings. The van der Waals surface area contributed by atoms with Crippen molar-refractivity contribution in [3.63, 3.8) is 0 Å². The fourth-order valence-corrected chi connectivity index (χ4v) is 3.14. The topological polar surface area (TPSA) is 62.1 Å². The van der Waals surface area contributed by atoms with Gasteiger partial charge in [0, 0.05) is 21.3 Å². The fourth-order valence-electron chi connectivity index (χ4n) is 2.68. The van der Waals surface area contributed by atoms with Crippen molar-refractivity contribution in [3.05, 3.63) is 99.0 Å². The first-order chi connectivity index (χ1) is 14.5. The Hall–Kier alpha value is -3.26. The Kier molecular flexibility index (Phi) is 7.13. The minimum Gasteiger partial charge on any atom is -0.489 e. The van der Waals surface area contributed by atoms with Gasteiger partial charge < -0.3 is 10.1 Å². The number of nitriles is 1. The number of aryl methyl sites for hydroxylation is 1. The highest BCUT2D eigenvalue weighted by atomic mass is 35.5. The van der Waals surface area contributed by atoms with Crippen LogP contribution in [0, 0.1) is 18.3 Å². The van der Waals surface area contributed by atoms with Gasteiger partial charge in [0.15, 0.2) is 0 Å². The molecule has 0 saturated heterocycles. The van der Waals surface area contributed by atoms with Gasteiger partial charge in [0.05, 0.1) is 0 Å². The van der Waals surface area contributed by atoms with Crippen molar-refractivity contribution in [2.45, 2.75) is 13.5 Å². The van der Waals surface area contributed by atoms with Crippen molar-refractivity contribution in [2.24, 2.45) is 0 Å². The Bertz CT molecular complexity index is 1130. The van der Waals surface area contributed by atoms with E-state index in [1.165, 1.54) is 6.08 Å². The average Bonchev–Trinajstić information content (AvgIpc) is 2.74. The van der Waals surface area contributed by atoms with Gasteiger partial charge in [0.2, 0.25) is 0 Å². The largest absolute Gasteiger partial charge is 0.489 e. The van der Waals surface area contributed by atoms with E-state index in [9.17, 15) is 10.1 Å².